The van der Waals surface area contributed by atoms with E-state index in [9.17, 15) is 14.7 Å². The second-order valence-electron chi connectivity index (χ2n) is 8.80. The fourth-order valence-corrected chi connectivity index (χ4v) is 4.82. The van der Waals surface area contributed by atoms with E-state index in [2.05, 4.69) is 0 Å². The molecule has 1 aliphatic rings. The number of benzene rings is 3. The quantitative estimate of drug-likeness (QED) is 0.228. The molecule has 1 unspecified atom stereocenters. The molecule has 0 aromatic heterocycles. The number of aliphatic hydroxyl groups is 1. The number of aryl methyl sites for hydroxylation is 2. The highest BCUT2D eigenvalue weighted by Gasteiger charge is 2.47. The maximum Gasteiger partial charge on any atom is 0.300 e. The molecule has 1 N–H and O–H groups in total. The molecule has 0 saturated carbocycles. The predicted octanol–water partition coefficient (Wildman–Crippen LogP) is 7.02. The van der Waals surface area contributed by atoms with Gasteiger partial charge in [0.05, 0.1) is 17.7 Å². The Kier molecular flexibility index (Phi) is 6.93. The van der Waals surface area contributed by atoms with Crippen LogP contribution in [0.25, 0.3) is 5.76 Å². The molecule has 0 bridgehead atoms. The molecule has 35 heavy (non-hydrogen) atoms. The zero-order valence-electron chi connectivity index (χ0n) is 19.8. The zero-order valence-corrected chi connectivity index (χ0v) is 21.3. The lowest BCUT2D eigenvalue weighted by atomic mass is 9.92. The van der Waals surface area contributed by atoms with Crippen molar-refractivity contribution < 1.29 is 19.4 Å². The molecule has 1 heterocycles. The van der Waals surface area contributed by atoms with Gasteiger partial charge in [0, 0.05) is 21.3 Å². The number of rotatable bonds is 5. The van der Waals surface area contributed by atoms with E-state index in [1.807, 2.05) is 52.0 Å². The van der Waals surface area contributed by atoms with Crippen molar-refractivity contribution in [2.75, 3.05) is 4.90 Å². The number of carbonyl (C=O) groups is 2. The summed E-state index contributed by atoms with van der Waals surface area (Å²) in [6.45, 7) is 7.61. The topological polar surface area (TPSA) is 66.8 Å². The number of amides is 1. The number of Topliss-reactive ketones (excluding diaryl/α,β-unsaturated/α-hetero) is 1. The van der Waals surface area contributed by atoms with Gasteiger partial charge in [0.1, 0.15) is 11.5 Å². The molecule has 3 aromatic rings. The monoisotopic (exact) mass is 509 g/mol. The molecule has 1 atom stereocenters. The summed E-state index contributed by atoms with van der Waals surface area (Å²) < 4.78 is 5.79. The number of carbonyl (C=O) groups excluding carboxylic acids is 2. The standard InChI is InChI=1S/C28H25Cl2NO4/c1-15(2)35-23-10-9-18(11-17(23)4)26(32)24-25(22-8-6-5-7-16(22)3)31(28(34)27(24)33)21-13-19(29)12-20(30)14-21/h5-15,25,32H,1-4H3/b26-24+. The number of aliphatic hydroxyl groups excluding tert-OH is 1. The number of ether oxygens (including phenoxy) is 1. The maximum atomic E-state index is 13.4. The third-order valence-electron chi connectivity index (χ3n) is 5.86. The van der Waals surface area contributed by atoms with Crippen molar-refractivity contribution in [3.05, 3.63) is 98.5 Å². The molecule has 7 heteroatoms. The van der Waals surface area contributed by atoms with Crippen molar-refractivity contribution in [1.29, 1.82) is 0 Å². The largest absolute Gasteiger partial charge is 0.507 e. The second kappa shape index (κ2) is 9.76. The Bertz CT molecular complexity index is 1340. The Morgan fingerprint density at radius 2 is 1.60 bits per heavy atom. The van der Waals surface area contributed by atoms with Gasteiger partial charge < -0.3 is 9.84 Å². The van der Waals surface area contributed by atoms with Crippen LogP contribution >= 0.6 is 23.2 Å². The summed E-state index contributed by atoms with van der Waals surface area (Å²) >= 11 is 12.4. The first-order valence-corrected chi connectivity index (χ1v) is 11.9. The fourth-order valence-electron chi connectivity index (χ4n) is 4.30. The summed E-state index contributed by atoms with van der Waals surface area (Å²) in [6, 6.07) is 16.4. The van der Waals surface area contributed by atoms with Crippen molar-refractivity contribution >= 4 is 46.3 Å². The summed E-state index contributed by atoms with van der Waals surface area (Å²) in [5.41, 5.74) is 3.15. The van der Waals surface area contributed by atoms with Gasteiger partial charge in [-0.05, 0) is 80.8 Å². The molecule has 1 amide bonds. The van der Waals surface area contributed by atoms with Gasteiger partial charge in [-0.25, -0.2) is 0 Å². The molecule has 5 nitrogen and oxygen atoms in total. The molecule has 0 spiro atoms. The van der Waals surface area contributed by atoms with E-state index in [1.54, 1.807) is 36.4 Å². The van der Waals surface area contributed by atoms with Crippen LogP contribution < -0.4 is 9.64 Å². The van der Waals surface area contributed by atoms with Crippen LogP contribution in [0.5, 0.6) is 5.75 Å². The molecule has 1 aliphatic heterocycles. The van der Waals surface area contributed by atoms with Crippen LogP contribution in [0.15, 0.2) is 66.2 Å². The normalized spacial score (nSPS) is 17.3. The number of anilines is 1. The van der Waals surface area contributed by atoms with Crippen molar-refractivity contribution in [2.45, 2.75) is 39.8 Å². The van der Waals surface area contributed by atoms with Crippen LogP contribution in [0.4, 0.5) is 5.69 Å². The summed E-state index contributed by atoms with van der Waals surface area (Å²) in [4.78, 5) is 28.0. The molecule has 0 aliphatic carbocycles. The maximum absolute atomic E-state index is 13.4. The Hall–Kier alpha value is -3.28. The molecule has 1 saturated heterocycles. The van der Waals surface area contributed by atoms with Gasteiger partial charge in [0.25, 0.3) is 11.7 Å². The smallest absolute Gasteiger partial charge is 0.300 e. The molecule has 3 aromatic carbocycles. The molecule has 0 radical (unpaired) electrons. The predicted molar refractivity (Wildman–Crippen MR) is 139 cm³/mol. The number of hydrogen-bond acceptors (Lipinski definition) is 4. The van der Waals surface area contributed by atoms with E-state index in [4.69, 9.17) is 27.9 Å². The molecule has 180 valence electrons. The van der Waals surface area contributed by atoms with Crippen molar-refractivity contribution in [3.8, 4) is 5.75 Å². The van der Waals surface area contributed by atoms with Crippen LogP contribution in [-0.2, 0) is 9.59 Å². The second-order valence-corrected chi connectivity index (χ2v) is 9.67. The van der Waals surface area contributed by atoms with Gasteiger partial charge in [0.15, 0.2) is 0 Å². The van der Waals surface area contributed by atoms with Gasteiger partial charge in [-0.1, -0.05) is 47.5 Å². The molecule has 4 rings (SSSR count). The summed E-state index contributed by atoms with van der Waals surface area (Å²) in [5, 5.41) is 12.0. The van der Waals surface area contributed by atoms with Crippen LogP contribution in [0, 0.1) is 13.8 Å². The van der Waals surface area contributed by atoms with E-state index in [-0.39, 0.29) is 17.4 Å². The number of halogens is 2. The molecular formula is C28H25Cl2NO4. The minimum absolute atomic E-state index is 0.00248. The first kappa shape index (κ1) is 24.8. The van der Waals surface area contributed by atoms with E-state index >= 15 is 0 Å². The van der Waals surface area contributed by atoms with Gasteiger partial charge in [-0.2, -0.15) is 0 Å². The van der Waals surface area contributed by atoms with Gasteiger partial charge in [-0.15, -0.1) is 0 Å². The minimum Gasteiger partial charge on any atom is -0.507 e. The lowest BCUT2D eigenvalue weighted by Crippen LogP contribution is -2.29. The number of nitrogens with zero attached hydrogens (tertiary/aromatic N) is 1. The SMILES string of the molecule is Cc1cc(/C(O)=C2\C(=O)C(=O)N(c3cc(Cl)cc(Cl)c3)C2c2ccccc2C)ccc1OC(C)C. The fraction of sp³-hybridized carbons (Fsp3) is 0.214. The van der Waals surface area contributed by atoms with Crippen LogP contribution in [-0.4, -0.2) is 22.9 Å². The minimum atomic E-state index is -0.863. The first-order chi connectivity index (χ1) is 16.6. The van der Waals surface area contributed by atoms with E-state index < -0.39 is 17.7 Å². The third kappa shape index (κ3) is 4.79. The average Bonchev–Trinajstić information content (AvgIpc) is 3.04. The van der Waals surface area contributed by atoms with Gasteiger partial charge in [0.2, 0.25) is 0 Å². The van der Waals surface area contributed by atoms with Crippen LogP contribution in [0.2, 0.25) is 10.0 Å². The van der Waals surface area contributed by atoms with Crippen molar-refractivity contribution in [3.63, 3.8) is 0 Å². The lowest BCUT2D eigenvalue weighted by molar-refractivity contribution is -0.132. The lowest BCUT2D eigenvalue weighted by Gasteiger charge is -2.27. The van der Waals surface area contributed by atoms with Crippen molar-refractivity contribution in [2.24, 2.45) is 0 Å². The van der Waals surface area contributed by atoms with Crippen molar-refractivity contribution in [1.82, 2.24) is 0 Å². The Balaban J connectivity index is 1.93. The van der Waals surface area contributed by atoms with Crippen LogP contribution in [0.3, 0.4) is 0 Å². The van der Waals surface area contributed by atoms with Gasteiger partial charge in [-0.3, -0.25) is 14.5 Å². The third-order valence-corrected chi connectivity index (χ3v) is 6.30. The Morgan fingerprint density at radius 1 is 0.943 bits per heavy atom. The zero-order chi connectivity index (χ0) is 25.4. The first-order valence-electron chi connectivity index (χ1n) is 11.2. The number of ketones is 1. The summed E-state index contributed by atoms with van der Waals surface area (Å²) in [5.74, 6) is -1.13. The molecule has 1 fully saturated rings. The van der Waals surface area contributed by atoms with Crippen LogP contribution in [0.1, 0.15) is 42.1 Å². The average molecular weight is 510 g/mol. The highest BCUT2D eigenvalue weighted by molar-refractivity contribution is 6.52. The Labute approximate surface area is 214 Å². The highest BCUT2D eigenvalue weighted by Crippen LogP contribution is 2.44. The highest BCUT2D eigenvalue weighted by atomic mass is 35.5. The van der Waals surface area contributed by atoms with E-state index in [0.717, 1.165) is 11.1 Å². The van der Waals surface area contributed by atoms with E-state index in [0.29, 0.717) is 32.6 Å². The summed E-state index contributed by atoms with van der Waals surface area (Å²) in [6.07, 6.45) is -0.0101. The summed E-state index contributed by atoms with van der Waals surface area (Å²) in [7, 11) is 0. The Morgan fingerprint density at radius 3 is 2.20 bits per heavy atom. The number of hydrogen-bond donors (Lipinski definition) is 1. The van der Waals surface area contributed by atoms with E-state index in [1.165, 1.54) is 4.90 Å². The van der Waals surface area contributed by atoms with Gasteiger partial charge >= 0.3 is 0 Å². The molecular weight excluding hydrogens is 485 g/mol.